The number of nitrogens with one attached hydrogen (secondary N) is 2. The Hall–Kier alpha value is -2.94. The van der Waals surface area contributed by atoms with Crippen molar-refractivity contribution < 1.29 is 0 Å². The van der Waals surface area contributed by atoms with Crippen molar-refractivity contribution in [3.8, 4) is 0 Å². The van der Waals surface area contributed by atoms with Crippen molar-refractivity contribution in [3.05, 3.63) is 95.0 Å². The maximum atomic E-state index is 5.97. The Morgan fingerprint density at radius 1 is 0.429 bits per heavy atom. The molecule has 0 atom stereocenters. The van der Waals surface area contributed by atoms with E-state index in [2.05, 4.69) is 58.5 Å². The minimum Gasteiger partial charge on any atom is -0.355 e. The lowest BCUT2D eigenvalue weighted by molar-refractivity contribution is 1.55. The van der Waals surface area contributed by atoms with Crippen LogP contribution in [-0.2, 0) is 0 Å². The van der Waals surface area contributed by atoms with E-state index in [1.165, 1.54) is 21.8 Å². The Morgan fingerprint density at radius 2 is 0.821 bits per heavy atom. The molecule has 28 heavy (non-hydrogen) atoms. The predicted molar refractivity (Wildman–Crippen MR) is 122 cm³/mol. The summed E-state index contributed by atoms with van der Waals surface area (Å²) in [7, 11) is 0. The quantitative estimate of drug-likeness (QED) is 0.258. The zero-order chi connectivity index (χ0) is 19.1. The molecule has 2 heterocycles. The number of halogens is 2. The molecule has 4 heteroatoms. The van der Waals surface area contributed by atoms with Gasteiger partial charge in [-0.2, -0.15) is 0 Å². The van der Waals surface area contributed by atoms with Gasteiger partial charge in [-0.05, 0) is 48.5 Å². The monoisotopic (exact) mass is 402 g/mol. The molecule has 2 nitrogen and oxygen atoms in total. The summed E-state index contributed by atoms with van der Waals surface area (Å²) in [6.45, 7) is 0. The second kappa shape index (κ2) is 6.90. The molecule has 0 radical (unpaired) electrons. The minimum absolute atomic E-state index is 0.739. The highest BCUT2D eigenvalue weighted by Gasteiger charge is 2.04. The molecule has 0 amide bonds. The average Bonchev–Trinajstić information content (AvgIpc) is 3.26. The van der Waals surface area contributed by atoms with Crippen LogP contribution in [0.3, 0.4) is 0 Å². The first-order valence-corrected chi connectivity index (χ1v) is 9.76. The van der Waals surface area contributed by atoms with Crippen molar-refractivity contribution in [2.45, 2.75) is 0 Å². The van der Waals surface area contributed by atoms with Crippen LogP contribution in [0.4, 0.5) is 0 Å². The van der Waals surface area contributed by atoms with Crippen molar-refractivity contribution in [3.63, 3.8) is 0 Å². The third kappa shape index (κ3) is 3.01. The summed E-state index contributed by atoms with van der Waals surface area (Å²) in [5.74, 6) is 0. The van der Waals surface area contributed by atoms with E-state index < -0.39 is 0 Å². The molecule has 0 fully saturated rings. The first-order chi connectivity index (χ1) is 13.7. The van der Waals surface area contributed by atoms with Gasteiger partial charge in [0.05, 0.1) is 0 Å². The summed E-state index contributed by atoms with van der Waals surface area (Å²) < 4.78 is 0. The largest absolute Gasteiger partial charge is 0.355 e. The normalized spacial score (nSPS) is 11.2. The number of aromatic nitrogens is 2. The van der Waals surface area contributed by atoms with E-state index in [1.54, 1.807) is 0 Å². The van der Waals surface area contributed by atoms with Gasteiger partial charge >= 0.3 is 0 Å². The minimum atomic E-state index is 0.739. The molecular weight excluding hydrogens is 387 g/mol. The smallest absolute Gasteiger partial charge is 0.0465 e. The Labute approximate surface area is 171 Å². The van der Waals surface area contributed by atoms with Gasteiger partial charge in [0.1, 0.15) is 0 Å². The molecule has 0 saturated heterocycles. The zero-order valence-electron chi connectivity index (χ0n) is 14.8. The number of hydrogen-bond donors (Lipinski definition) is 2. The molecule has 0 unspecified atom stereocenters. The maximum Gasteiger partial charge on any atom is 0.0465 e. The maximum absolute atomic E-state index is 5.97. The lowest BCUT2D eigenvalue weighted by atomic mass is 10.1. The van der Waals surface area contributed by atoms with Crippen molar-refractivity contribution in [2.75, 3.05) is 0 Å². The molecule has 0 bridgehead atoms. The summed E-state index contributed by atoms with van der Waals surface area (Å²) >= 11 is 11.9. The van der Waals surface area contributed by atoms with Crippen LogP contribution in [0.5, 0.6) is 0 Å². The number of fused-ring (bicyclic) bond motifs is 6. The van der Waals surface area contributed by atoms with Gasteiger partial charge in [0.2, 0.25) is 0 Å². The third-order valence-corrected chi connectivity index (χ3v) is 5.41. The predicted octanol–water partition coefficient (Wildman–Crippen LogP) is 7.95. The fourth-order valence-electron chi connectivity index (χ4n) is 3.64. The van der Waals surface area contributed by atoms with E-state index in [0.29, 0.717) is 0 Å². The van der Waals surface area contributed by atoms with E-state index >= 15 is 0 Å². The van der Waals surface area contributed by atoms with E-state index in [4.69, 9.17) is 23.2 Å². The van der Waals surface area contributed by atoms with E-state index in [1.807, 2.05) is 36.4 Å². The van der Waals surface area contributed by atoms with E-state index in [0.717, 1.165) is 31.9 Å². The van der Waals surface area contributed by atoms with Crippen LogP contribution < -0.4 is 0 Å². The van der Waals surface area contributed by atoms with Crippen LogP contribution in [0.2, 0.25) is 10.0 Å². The third-order valence-electron chi connectivity index (χ3n) is 4.94. The lowest BCUT2D eigenvalue weighted by Gasteiger charge is -1.92. The molecule has 136 valence electrons. The standard InChI is InChI=1S/C12H7Cl2N.C12H9N/c13-7-1-3-11-9(5-7)10-6-8(14)2-4-12(10)15-11;1-3-7-11-9(5-1)10-6-2-4-8-12(10)13-11/h1-6,15H;1-8,13H. The summed E-state index contributed by atoms with van der Waals surface area (Å²) in [5.41, 5.74) is 4.58. The highest BCUT2D eigenvalue weighted by molar-refractivity contribution is 6.33. The Kier molecular flexibility index (Phi) is 4.23. The first kappa shape index (κ1) is 17.2. The summed E-state index contributed by atoms with van der Waals surface area (Å²) in [6, 6.07) is 28.4. The lowest BCUT2D eigenvalue weighted by Crippen LogP contribution is -1.67. The number of rotatable bonds is 0. The molecule has 6 aromatic rings. The van der Waals surface area contributed by atoms with E-state index in [9.17, 15) is 0 Å². The topological polar surface area (TPSA) is 31.6 Å². The molecule has 0 saturated carbocycles. The second-order valence-electron chi connectivity index (χ2n) is 6.72. The van der Waals surface area contributed by atoms with Crippen molar-refractivity contribution >= 4 is 66.8 Å². The Bertz CT molecular complexity index is 1340. The molecule has 6 rings (SSSR count). The number of hydrogen-bond acceptors (Lipinski definition) is 0. The van der Waals surface area contributed by atoms with Gasteiger partial charge in [-0.1, -0.05) is 59.6 Å². The molecule has 0 spiro atoms. The van der Waals surface area contributed by atoms with Crippen LogP contribution in [0.1, 0.15) is 0 Å². The van der Waals surface area contributed by atoms with Gasteiger partial charge in [0.15, 0.2) is 0 Å². The molecule has 0 aliphatic rings. The zero-order valence-corrected chi connectivity index (χ0v) is 16.4. The van der Waals surface area contributed by atoms with Crippen molar-refractivity contribution in [1.29, 1.82) is 0 Å². The number of H-pyrrole nitrogens is 2. The molecule has 4 aromatic carbocycles. The summed E-state index contributed by atoms with van der Waals surface area (Å²) in [4.78, 5) is 6.69. The van der Waals surface area contributed by atoms with Crippen LogP contribution in [0, 0.1) is 0 Å². The highest BCUT2D eigenvalue weighted by atomic mass is 35.5. The van der Waals surface area contributed by atoms with Gasteiger partial charge in [0, 0.05) is 53.7 Å². The fourth-order valence-corrected chi connectivity index (χ4v) is 3.98. The average molecular weight is 403 g/mol. The first-order valence-electron chi connectivity index (χ1n) is 9.01. The van der Waals surface area contributed by atoms with Crippen LogP contribution in [0.25, 0.3) is 43.6 Å². The Morgan fingerprint density at radius 3 is 1.29 bits per heavy atom. The number of aromatic amines is 2. The Balaban J connectivity index is 0.000000123. The summed E-state index contributed by atoms with van der Waals surface area (Å²) in [5, 5.41) is 6.31. The van der Waals surface area contributed by atoms with Gasteiger partial charge in [0.25, 0.3) is 0 Å². The molecule has 0 aliphatic carbocycles. The van der Waals surface area contributed by atoms with E-state index in [-0.39, 0.29) is 0 Å². The highest BCUT2D eigenvalue weighted by Crippen LogP contribution is 2.29. The van der Waals surface area contributed by atoms with Crippen molar-refractivity contribution in [1.82, 2.24) is 9.97 Å². The van der Waals surface area contributed by atoms with Gasteiger partial charge < -0.3 is 9.97 Å². The van der Waals surface area contributed by atoms with Crippen LogP contribution >= 0.6 is 23.2 Å². The number of para-hydroxylation sites is 2. The number of benzene rings is 4. The van der Waals surface area contributed by atoms with Crippen LogP contribution in [-0.4, -0.2) is 9.97 Å². The van der Waals surface area contributed by atoms with Gasteiger partial charge in [-0.15, -0.1) is 0 Å². The van der Waals surface area contributed by atoms with Gasteiger partial charge in [-0.3, -0.25) is 0 Å². The second-order valence-corrected chi connectivity index (χ2v) is 7.59. The molecule has 0 aliphatic heterocycles. The summed E-state index contributed by atoms with van der Waals surface area (Å²) in [6.07, 6.45) is 0. The molecule has 2 aromatic heterocycles. The SMILES string of the molecule is Clc1ccc2[nH]c3ccc(Cl)cc3c2c1.c1ccc2c(c1)[nH]c1ccccc12. The molecular formula is C24H16Cl2N2. The van der Waals surface area contributed by atoms with Crippen LogP contribution in [0.15, 0.2) is 84.9 Å². The van der Waals surface area contributed by atoms with Gasteiger partial charge in [-0.25, -0.2) is 0 Å². The fraction of sp³-hybridized carbons (Fsp3) is 0. The van der Waals surface area contributed by atoms with Crippen molar-refractivity contribution in [2.24, 2.45) is 0 Å². The molecule has 2 N–H and O–H groups in total.